The Morgan fingerprint density at radius 3 is 2.56 bits per heavy atom. The van der Waals surface area contributed by atoms with E-state index in [9.17, 15) is 14.4 Å². The highest BCUT2D eigenvalue weighted by Gasteiger charge is 2.27. The average molecular weight is 463 g/mol. The van der Waals surface area contributed by atoms with Crippen LogP contribution in [0.3, 0.4) is 0 Å². The largest absolute Gasteiger partial charge is 0.497 e. The second kappa shape index (κ2) is 10.2. The smallest absolute Gasteiger partial charge is 0.341 e. The second-order valence-electron chi connectivity index (χ2n) is 7.22. The van der Waals surface area contributed by atoms with E-state index >= 15 is 0 Å². The number of thiophene rings is 1. The third-order valence-electron chi connectivity index (χ3n) is 5.07. The van der Waals surface area contributed by atoms with E-state index in [0.717, 1.165) is 24.2 Å². The molecule has 0 saturated carbocycles. The Labute approximate surface area is 189 Å². The summed E-state index contributed by atoms with van der Waals surface area (Å²) in [6.07, 6.45) is 1.68. The van der Waals surface area contributed by atoms with Crippen molar-refractivity contribution in [3.8, 4) is 21.9 Å². The number of primary amides is 2. The summed E-state index contributed by atoms with van der Waals surface area (Å²) in [5, 5.41) is 2.74. The number of esters is 1. The predicted octanol–water partition coefficient (Wildman–Crippen LogP) is 3.01. The van der Waals surface area contributed by atoms with Gasteiger partial charge in [-0.3, -0.25) is 5.32 Å². The molecule has 10 nitrogen and oxygen atoms in total. The van der Waals surface area contributed by atoms with Gasteiger partial charge in [0.15, 0.2) is 0 Å². The average Bonchev–Trinajstić information content (AvgIpc) is 3.02. The number of nitrogens with zero attached hydrogens (tertiary/aromatic N) is 1. The standard InChI is InChI=1S/C21H26N4O6S/c1-29-12-6-7-16(30-2)14(9-12)17-10-15(18(32-17)24-20(22)27)19(26)31-13-5-3-4-8-25(11-13)21(23)28/h6-7,9-10,13H,3-5,8,11H2,1-2H3,(H2,23,28)(H3,22,24,27). The van der Waals surface area contributed by atoms with Crippen LogP contribution in [0.25, 0.3) is 10.4 Å². The molecule has 4 amide bonds. The molecule has 0 spiro atoms. The van der Waals surface area contributed by atoms with Crippen LogP contribution in [0.4, 0.5) is 14.6 Å². The molecule has 0 aliphatic carbocycles. The molecule has 0 bridgehead atoms. The fourth-order valence-corrected chi connectivity index (χ4v) is 4.57. The zero-order chi connectivity index (χ0) is 23.3. The number of carbonyl (C=O) groups excluding carboxylic acids is 3. The van der Waals surface area contributed by atoms with Crippen LogP contribution in [0, 0.1) is 0 Å². The minimum absolute atomic E-state index is 0.156. The molecule has 1 unspecified atom stereocenters. The molecule has 1 aliphatic rings. The van der Waals surface area contributed by atoms with E-state index < -0.39 is 24.1 Å². The number of urea groups is 2. The molecule has 32 heavy (non-hydrogen) atoms. The molecule has 3 rings (SSSR count). The Balaban J connectivity index is 1.92. The van der Waals surface area contributed by atoms with Crippen LogP contribution >= 0.6 is 11.3 Å². The van der Waals surface area contributed by atoms with Gasteiger partial charge in [-0.1, -0.05) is 0 Å². The summed E-state index contributed by atoms with van der Waals surface area (Å²) in [7, 11) is 3.08. The van der Waals surface area contributed by atoms with E-state index in [-0.39, 0.29) is 17.1 Å². The van der Waals surface area contributed by atoms with Gasteiger partial charge in [0.05, 0.1) is 26.3 Å². The summed E-state index contributed by atoms with van der Waals surface area (Å²) in [5.74, 6) is 0.542. The first kappa shape index (κ1) is 23.2. The van der Waals surface area contributed by atoms with Crippen molar-refractivity contribution in [3.05, 3.63) is 29.8 Å². The van der Waals surface area contributed by atoms with Gasteiger partial charge in [0, 0.05) is 17.0 Å². The van der Waals surface area contributed by atoms with Crippen molar-refractivity contribution < 1.29 is 28.6 Å². The molecule has 1 aromatic carbocycles. The Bertz CT molecular complexity index is 1010. The second-order valence-corrected chi connectivity index (χ2v) is 8.27. The lowest BCUT2D eigenvalue weighted by molar-refractivity contribution is 0.0242. The summed E-state index contributed by atoms with van der Waals surface area (Å²) >= 11 is 1.16. The lowest BCUT2D eigenvalue weighted by Gasteiger charge is -2.22. The molecule has 172 valence electrons. The Morgan fingerprint density at radius 1 is 1.12 bits per heavy atom. The molecule has 1 atom stereocenters. The van der Waals surface area contributed by atoms with Crippen LogP contribution in [0.2, 0.25) is 0 Å². The van der Waals surface area contributed by atoms with Gasteiger partial charge in [0.2, 0.25) is 0 Å². The monoisotopic (exact) mass is 462 g/mol. The van der Waals surface area contributed by atoms with Gasteiger partial charge >= 0.3 is 18.0 Å². The van der Waals surface area contributed by atoms with Crippen LogP contribution < -0.4 is 26.3 Å². The molecule has 1 aromatic heterocycles. The molecule has 1 aliphatic heterocycles. The van der Waals surface area contributed by atoms with Crippen molar-refractivity contribution in [2.45, 2.75) is 25.4 Å². The summed E-state index contributed by atoms with van der Waals surface area (Å²) < 4.78 is 16.4. The van der Waals surface area contributed by atoms with Crippen molar-refractivity contribution in [2.75, 3.05) is 32.6 Å². The van der Waals surface area contributed by atoms with Crippen LogP contribution in [0.15, 0.2) is 24.3 Å². The fourth-order valence-electron chi connectivity index (χ4n) is 3.50. The number of benzene rings is 1. The molecule has 1 fully saturated rings. The molecule has 5 N–H and O–H groups in total. The minimum Gasteiger partial charge on any atom is -0.497 e. The van der Waals surface area contributed by atoms with Crippen molar-refractivity contribution in [1.29, 1.82) is 0 Å². The SMILES string of the molecule is COc1ccc(OC)c(-c2cc(C(=O)OC3CCCCN(C(N)=O)C3)c(NC(N)=O)s2)c1. The maximum Gasteiger partial charge on any atom is 0.341 e. The minimum atomic E-state index is -0.806. The highest BCUT2D eigenvalue weighted by Crippen LogP contribution is 2.41. The van der Waals surface area contributed by atoms with Crippen LogP contribution in [-0.4, -0.2) is 56.3 Å². The Kier molecular flexibility index (Phi) is 7.41. The maximum absolute atomic E-state index is 13.0. The van der Waals surface area contributed by atoms with Crippen LogP contribution in [0.1, 0.15) is 29.6 Å². The first-order valence-electron chi connectivity index (χ1n) is 10.0. The van der Waals surface area contributed by atoms with Gasteiger partial charge in [-0.05, 0) is 43.5 Å². The number of anilines is 1. The number of nitrogens with two attached hydrogens (primary N) is 2. The Hall–Kier alpha value is -3.47. The van der Waals surface area contributed by atoms with Crippen molar-refractivity contribution >= 4 is 34.4 Å². The molecule has 0 radical (unpaired) electrons. The highest BCUT2D eigenvalue weighted by molar-refractivity contribution is 7.20. The van der Waals surface area contributed by atoms with Gasteiger partial charge in [-0.15, -0.1) is 11.3 Å². The number of nitrogens with one attached hydrogen (secondary N) is 1. The number of methoxy groups -OCH3 is 2. The van der Waals surface area contributed by atoms with Crippen LogP contribution in [0.5, 0.6) is 11.5 Å². The maximum atomic E-state index is 13.0. The normalized spacial score (nSPS) is 16.1. The predicted molar refractivity (Wildman–Crippen MR) is 120 cm³/mol. The van der Waals surface area contributed by atoms with E-state index in [1.54, 1.807) is 31.4 Å². The van der Waals surface area contributed by atoms with Crippen molar-refractivity contribution in [1.82, 2.24) is 4.90 Å². The van der Waals surface area contributed by atoms with E-state index in [1.165, 1.54) is 12.0 Å². The summed E-state index contributed by atoms with van der Waals surface area (Å²) in [6.45, 7) is 0.746. The van der Waals surface area contributed by atoms with Gasteiger partial charge in [0.1, 0.15) is 22.6 Å². The molecule has 11 heteroatoms. The zero-order valence-electron chi connectivity index (χ0n) is 17.9. The summed E-state index contributed by atoms with van der Waals surface area (Å²) in [6, 6.07) is 5.52. The van der Waals surface area contributed by atoms with Gasteiger partial charge < -0.3 is 30.6 Å². The molecular formula is C21H26N4O6S. The highest BCUT2D eigenvalue weighted by atomic mass is 32.1. The molecule has 2 heterocycles. The van der Waals surface area contributed by atoms with Crippen LogP contribution in [-0.2, 0) is 4.74 Å². The van der Waals surface area contributed by atoms with E-state index in [1.807, 2.05) is 0 Å². The summed E-state index contributed by atoms with van der Waals surface area (Å²) in [5.41, 5.74) is 11.5. The molecular weight excluding hydrogens is 436 g/mol. The quantitative estimate of drug-likeness (QED) is 0.563. The number of rotatable bonds is 6. The van der Waals surface area contributed by atoms with E-state index in [2.05, 4.69) is 5.32 Å². The third-order valence-corrected chi connectivity index (χ3v) is 6.16. The van der Waals surface area contributed by atoms with E-state index in [0.29, 0.717) is 34.9 Å². The lowest BCUT2D eigenvalue weighted by Crippen LogP contribution is -2.41. The third kappa shape index (κ3) is 5.41. The number of ether oxygens (including phenoxy) is 3. The van der Waals surface area contributed by atoms with Gasteiger partial charge in [-0.2, -0.15) is 0 Å². The topological polar surface area (TPSA) is 146 Å². The molecule has 1 saturated heterocycles. The number of hydrogen-bond donors (Lipinski definition) is 3. The summed E-state index contributed by atoms with van der Waals surface area (Å²) in [4.78, 5) is 38.3. The van der Waals surface area contributed by atoms with Gasteiger partial charge in [-0.25, -0.2) is 14.4 Å². The lowest BCUT2D eigenvalue weighted by atomic mass is 10.1. The zero-order valence-corrected chi connectivity index (χ0v) is 18.7. The first-order chi connectivity index (χ1) is 15.3. The first-order valence-corrected chi connectivity index (χ1v) is 10.8. The number of hydrogen-bond acceptors (Lipinski definition) is 7. The number of amides is 4. The van der Waals surface area contributed by atoms with E-state index in [4.69, 9.17) is 25.7 Å². The Morgan fingerprint density at radius 2 is 1.91 bits per heavy atom. The van der Waals surface area contributed by atoms with Gasteiger partial charge in [0.25, 0.3) is 0 Å². The number of carbonyl (C=O) groups is 3. The number of likely N-dealkylation sites (tertiary alicyclic amines) is 1. The fraction of sp³-hybridized carbons (Fsp3) is 0.381. The molecule has 2 aromatic rings. The van der Waals surface area contributed by atoms with Crippen molar-refractivity contribution in [3.63, 3.8) is 0 Å². The van der Waals surface area contributed by atoms with Crippen molar-refractivity contribution in [2.24, 2.45) is 11.5 Å².